The summed E-state index contributed by atoms with van der Waals surface area (Å²) in [5, 5.41) is 350. The number of ether oxygens (including phenoxy) is 14. The van der Waals surface area contributed by atoms with Gasteiger partial charge in [0, 0.05) is 34.4 Å². The maximum atomic E-state index is 15.7. The van der Waals surface area contributed by atoms with E-state index >= 15 is 24.0 Å². The van der Waals surface area contributed by atoms with Gasteiger partial charge < -0.3 is 230 Å². The number of fused-ring (bicyclic) bond motifs is 8. The van der Waals surface area contributed by atoms with E-state index in [4.69, 9.17) is 66.3 Å². The van der Waals surface area contributed by atoms with Gasteiger partial charge in [0.1, 0.15) is 36.5 Å². The topological polar surface area (TPSA) is 964 Å². The van der Waals surface area contributed by atoms with E-state index in [0.717, 1.165) is 0 Å². The number of carboxylic acids is 1. The summed E-state index contributed by atoms with van der Waals surface area (Å²) in [6, 6.07) is 4.36. The third-order valence-electron chi connectivity index (χ3n) is 22.0. The molecule has 11 aromatic carbocycles. The Hall–Kier alpha value is -21.1. The minimum atomic E-state index is -3.24. The molecule has 0 bridgehead atoms. The molecule has 11 aromatic rings. The van der Waals surface area contributed by atoms with E-state index < -0.39 is 425 Å². The minimum absolute atomic E-state index is 0.0395. The number of aromatic hydroxyl groups is 31. The second-order valence-corrected chi connectivity index (χ2v) is 31.1. The molecule has 0 aliphatic carbocycles. The lowest BCUT2D eigenvalue weighted by molar-refractivity contribution is -0.282. The van der Waals surface area contributed by atoms with E-state index in [1.165, 1.54) is 0 Å². The van der Waals surface area contributed by atoms with Gasteiger partial charge in [0.25, 0.3) is 0 Å². The van der Waals surface area contributed by atoms with Crippen molar-refractivity contribution in [2.45, 2.75) is 61.4 Å². The van der Waals surface area contributed by atoms with Crippen LogP contribution in [0.3, 0.4) is 0 Å². The summed E-state index contributed by atoms with van der Waals surface area (Å²) in [6.07, 6.45) is -30.0. The fourth-order valence-electron chi connectivity index (χ4n) is 14.9. The first-order chi connectivity index (χ1) is 68.7. The molecule has 0 saturated carbocycles. The van der Waals surface area contributed by atoms with Crippen LogP contribution in [0, 0.1) is 0 Å². The molecule has 146 heavy (non-hydrogen) atoms. The molecule has 4 heterocycles. The Morgan fingerprint density at radius 3 is 0.767 bits per heavy atom. The van der Waals surface area contributed by atoms with Gasteiger partial charge >= 0.3 is 65.7 Å². The number of phenols is 31. The van der Waals surface area contributed by atoms with Crippen molar-refractivity contribution in [2.24, 2.45) is 0 Å². The number of benzene rings is 11. The van der Waals surface area contributed by atoms with Crippen LogP contribution in [-0.4, -0.2) is 304 Å². The van der Waals surface area contributed by atoms with Crippen LogP contribution in [0.5, 0.6) is 201 Å². The Bertz CT molecular complexity index is 7430. The lowest BCUT2D eigenvalue weighted by Crippen LogP contribution is -2.63. The van der Waals surface area contributed by atoms with Gasteiger partial charge in [-0.05, 0) is 84.9 Å². The molecule has 0 unspecified atom stereocenters. The molecule has 57 nitrogen and oxygen atoms in total. The number of carbonyl (C=O) groups excluding carboxylic acids is 10. The molecule has 0 radical (unpaired) electrons. The molecular weight excluding hydrogens is 1980 g/mol. The Morgan fingerprint density at radius 1 is 0.240 bits per heavy atom. The molecule has 2 fully saturated rings. The van der Waals surface area contributed by atoms with Crippen molar-refractivity contribution < 1.29 is 282 Å². The number of cyclic esters (lactones) is 2. The van der Waals surface area contributed by atoms with Crippen molar-refractivity contribution in [3.8, 4) is 223 Å². The minimum Gasteiger partial charge on any atom is -0.504 e. The van der Waals surface area contributed by atoms with Crippen molar-refractivity contribution in [3.63, 3.8) is 0 Å². The lowest BCUT2D eigenvalue weighted by Gasteiger charge is -2.43. The van der Waals surface area contributed by atoms with Crippen molar-refractivity contribution in [2.75, 3.05) is 13.2 Å². The number of phenolic OH excluding ortho intramolecular Hbond substituents is 31. The molecule has 2 saturated heterocycles. The molecule has 4 aliphatic heterocycles. The van der Waals surface area contributed by atoms with E-state index in [0.29, 0.717) is 54.6 Å². The molecule has 4 aliphatic rings. The van der Waals surface area contributed by atoms with Crippen LogP contribution >= 0.6 is 0 Å². The van der Waals surface area contributed by atoms with Gasteiger partial charge in [-0.2, -0.15) is 0 Å². The normalized spacial score (nSPS) is 18.4. The van der Waals surface area contributed by atoms with E-state index in [2.05, 4.69) is 0 Å². The van der Waals surface area contributed by atoms with Crippen LogP contribution < -0.4 is 9.47 Å². The summed E-state index contributed by atoms with van der Waals surface area (Å²) < 4.78 is 80.1. The fraction of sp³-hybridized carbons (Fsp3) is 0.135. The molecule has 32 N–H and O–H groups in total. The predicted octanol–water partition coefficient (Wildman–Crippen LogP) is 4.63. The highest BCUT2D eigenvalue weighted by Crippen LogP contribution is 2.59. The zero-order valence-electron chi connectivity index (χ0n) is 71.4. The maximum absolute atomic E-state index is 15.7. The first-order valence-corrected chi connectivity index (χ1v) is 40.1. The molecule has 0 spiro atoms. The maximum Gasteiger partial charge on any atom is 0.342 e. The molecule has 760 valence electrons. The first-order valence-electron chi connectivity index (χ1n) is 40.1. The summed E-state index contributed by atoms with van der Waals surface area (Å²) in [5.41, 5.74) is -19.3. The molecule has 15 rings (SSSR count). The number of rotatable bonds is 17. The van der Waals surface area contributed by atoms with Gasteiger partial charge in [-0.1, -0.05) is 0 Å². The van der Waals surface area contributed by atoms with Crippen LogP contribution in [0.25, 0.3) is 22.3 Å². The van der Waals surface area contributed by atoms with E-state index in [-0.39, 0.29) is 42.5 Å². The molecule has 10 atom stereocenters. The highest BCUT2D eigenvalue weighted by molar-refractivity contribution is 6.11. The van der Waals surface area contributed by atoms with Crippen molar-refractivity contribution >= 4 is 65.7 Å². The Labute approximate surface area is 801 Å². The summed E-state index contributed by atoms with van der Waals surface area (Å²) in [6.45, 7) is -3.26. The van der Waals surface area contributed by atoms with Gasteiger partial charge in [-0.3, -0.25) is 0 Å². The van der Waals surface area contributed by atoms with Crippen molar-refractivity contribution in [1.82, 2.24) is 0 Å². The smallest absolute Gasteiger partial charge is 0.342 e. The summed E-state index contributed by atoms with van der Waals surface area (Å²) in [4.78, 5) is 162. The summed E-state index contributed by atoms with van der Waals surface area (Å²) in [7, 11) is 0. The number of hydrogen-bond donors (Lipinski definition) is 32. The molecule has 57 heteroatoms. The zero-order chi connectivity index (χ0) is 107. The Kier molecular flexibility index (Phi) is 25.4. The quantitative estimate of drug-likeness (QED) is 0.0335. The van der Waals surface area contributed by atoms with Gasteiger partial charge in [0.05, 0.1) is 50.1 Å². The number of hydrogen-bond acceptors (Lipinski definition) is 56. The first kappa shape index (κ1) is 99.4. The summed E-state index contributed by atoms with van der Waals surface area (Å²) >= 11 is 0. The highest BCUT2D eigenvalue weighted by Gasteiger charge is 2.59. The number of esters is 10. The van der Waals surface area contributed by atoms with Gasteiger partial charge in [0.15, 0.2) is 168 Å². The Balaban J connectivity index is 0.870. The largest absolute Gasteiger partial charge is 0.504 e. The van der Waals surface area contributed by atoms with E-state index in [1.54, 1.807) is 0 Å². The Morgan fingerprint density at radius 2 is 0.473 bits per heavy atom. The second kappa shape index (κ2) is 37.3. The van der Waals surface area contributed by atoms with E-state index in [9.17, 15) is 192 Å². The zero-order valence-corrected chi connectivity index (χ0v) is 71.4. The monoisotopic (exact) mass is 2040 g/mol. The average molecular weight is 2040 g/mol. The lowest BCUT2D eigenvalue weighted by atomic mass is 9.92. The fourth-order valence-corrected chi connectivity index (χ4v) is 14.9. The standard InChI is InChI=1S/C89H62O57/c90-30-2-20(3-31(91)52(30)104)78(123)141-73-71-46(17-133-82(127)24-11-38(98)57(109)63(115)48(24)50-26(84(129)139-71)13-40(100)59(111)65(50)117)137-88(145-80(125)22-6-34(94)54(106)35(95)7-22)75(73)143-87(132)29-16-43(103)62(114)68(120)70(29)136-45-10-23(8-37(97)56(45)108)81(126)146-89-76(144-86(131)28-15-42(102)61(113)67(119)69(28)135-44-9-19(77(121)122)1-36(96)55(44)107)74(142-79(124)21-4-32(92)53(105)33(93)5-21)72-47(138-89)18-134-83(128)25-12-39(99)58(110)64(116)49(25)51-27(85(130)140-72)14-41(101)60(112)66(51)118/h1-16,46-47,71-76,88-120H,17-18H2,(H,121,122)/t46-,47-,71-,72-,73+,74+,75-,76-,88+,89+/m1/s1. The average Bonchev–Trinajstić information content (AvgIpc) is 1.31. The van der Waals surface area contributed by atoms with Crippen LogP contribution in [-0.2, 0) is 56.8 Å². The molecule has 0 aromatic heterocycles. The number of aromatic carboxylic acids is 1. The van der Waals surface area contributed by atoms with Crippen LogP contribution in [0.2, 0.25) is 0 Å². The highest BCUT2D eigenvalue weighted by atomic mass is 16.8. The van der Waals surface area contributed by atoms with Crippen LogP contribution in [0.4, 0.5) is 0 Å². The third-order valence-corrected chi connectivity index (χ3v) is 22.0. The number of carbonyl (C=O) groups is 11. The molecule has 0 amide bonds. The van der Waals surface area contributed by atoms with Gasteiger partial charge in [0.2, 0.25) is 82.3 Å². The third kappa shape index (κ3) is 17.7. The van der Waals surface area contributed by atoms with Crippen molar-refractivity contribution in [3.05, 3.63) is 158 Å². The summed E-state index contributed by atoms with van der Waals surface area (Å²) in [5.74, 6) is -76.6. The van der Waals surface area contributed by atoms with E-state index in [1.807, 2.05) is 0 Å². The predicted molar refractivity (Wildman–Crippen MR) is 452 cm³/mol. The number of carboxylic acid groups (broad SMARTS) is 1. The van der Waals surface area contributed by atoms with Gasteiger partial charge in [-0.15, -0.1) is 0 Å². The SMILES string of the molecule is O=C(O)c1cc(O)c(O)c(Oc2c(C(=O)O[C@H]3[C@H](OC(=O)c4cc(O)c(O)c(Oc5c(C(=O)O[C@H]6[C@H](OC(=O)c7cc(O)c(O)c(O)c7)O[C@@H]7COC(=O)c8cc(O)c(O)c(O)c8-c8c(cc(O)c(O)c8O)C(=O)O[C@H]7[C@@H]6OC(=O)c6cc(O)c(O)c(O)c6)cc(O)c(O)c5O)c4)O[C@@H]4COC(=O)c5cc(O)c(O)c(O)c5-c5c(cc(O)c(O)c5O)C(=O)O[C@H]4[C@@H]3OC(=O)c3cc(O)c(O)c(O)c3)cc(O)c(O)c2O)c1. The van der Waals surface area contributed by atoms with Crippen LogP contribution in [0.15, 0.2) is 97.1 Å². The van der Waals surface area contributed by atoms with Gasteiger partial charge in [-0.25, -0.2) is 52.7 Å². The van der Waals surface area contributed by atoms with Crippen molar-refractivity contribution in [1.29, 1.82) is 0 Å². The second-order valence-electron chi connectivity index (χ2n) is 31.1. The molecular formula is C89H62O57. The van der Waals surface area contributed by atoms with Crippen LogP contribution in [0.1, 0.15) is 114 Å².